The van der Waals surface area contributed by atoms with Gasteiger partial charge in [0.05, 0.1) is 6.61 Å². The molecule has 5 heteroatoms. The number of hydrogen-bond donors (Lipinski definition) is 2. The first-order valence-corrected chi connectivity index (χ1v) is 5.93. The van der Waals surface area contributed by atoms with Crippen LogP contribution in [-0.2, 0) is 9.53 Å². The number of hydrogen-bond acceptors (Lipinski definition) is 4. The molecule has 2 aliphatic rings. The molecule has 1 amide bonds. The second-order valence-corrected chi connectivity index (χ2v) is 4.65. The Hall–Kier alpha value is -1.59. The van der Waals surface area contributed by atoms with Gasteiger partial charge in [0.15, 0.2) is 6.23 Å². The Kier molecular flexibility index (Phi) is 3.54. The summed E-state index contributed by atoms with van der Waals surface area (Å²) in [4.78, 5) is 13.5. The summed E-state index contributed by atoms with van der Waals surface area (Å²) >= 11 is 0. The summed E-state index contributed by atoms with van der Waals surface area (Å²) in [5.74, 6) is 0.641. The van der Waals surface area contributed by atoms with Gasteiger partial charge in [0.25, 0.3) is 5.91 Å². The first-order chi connectivity index (χ1) is 8.52. The van der Waals surface area contributed by atoms with Crippen molar-refractivity contribution < 1.29 is 14.6 Å². The molecule has 2 N–H and O–H groups in total. The average Bonchev–Trinajstić information content (AvgIpc) is 2.80. The second kappa shape index (κ2) is 4.96. The number of carbonyl (C=O) groups is 1. The van der Waals surface area contributed by atoms with E-state index in [1.54, 1.807) is 13.1 Å². The molecule has 0 aliphatic carbocycles. The van der Waals surface area contributed by atoms with Gasteiger partial charge in [0.1, 0.15) is 11.9 Å². The lowest BCUT2D eigenvalue weighted by atomic mass is 10.2. The number of carbonyl (C=O) groups excluding carboxylic acids is 1. The number of nitrogens with zero attached hydrogens (tertiary/aromatic N) is 1. The van der Waals surface area contributed by atoms with Crippen molar-refractivity contribution in [1.82, 2.24) is 10.2 Å². The third-order valence-electron chi connectivity index (χ3n) is 2.91. The van der Waals surface area contributed by atoms with Crippen molar-refractivity contribution in [2.75, 3.05) is 6.61 Å². The molecule has 0 aromatic carbocycles. The van der Waals surface area contributed by atoms with Crippen LogP contribution in [0.5, 0.6) is 0 Å². The lowest BCUT2D eigenvalue weighted by Crippen LogP contribution is -2.43. The fourth-order valence-corrected chi connectivity index (χ4v) is 1.94. The summed E-state index contributed by atoms with van der Waals surface area (Å²) in [6, 6.07) is 0. The molecule has 0 saturated carbocycles. The number of aliphatic hydroxyl groups is 1. The minimum atomic E-state index is -0.289. The van der Waals surface area contributed by atoms with E-state index in [0.717, 1.165) is 11.4 Å². The zero-order chi connectivity index (χ0) is 13.3. The van der Waals surface area contributed by atoms with Crippen molar-refractivity contribution in [3.63, 3.8) is 0 Å². The average molecular weight is 250 g/mol. The molecular weight excluding hydrogens is 232 g/mol. The first-order valence-electron chi connectivity index (χ1n) is 5.93. The van der Waals surface area contributed by atoms with E-state index >= 15 is 0 Å². The summed E-state index contributed by atoms with van der Waals surface area (Å²) in [5, 5.41) is 11.9. The lowest BCUT2D eigenvalue weighted by Gasteiger charge is -2.34. The van der Waals surface area contributed by atoms with Crippen LogP contribution < -0.4 is 5.32 Å². The van der Waals surface area contributed by atoms with Gasteiger partial charge >= 0.3 is 0 Å². The Labute approximate surface area is 106 Å². The lowest BCUT2D eigenvalue weighted by molar-refractivity contribution is -0.118. The van der Waals surface area contributed by atoms with E-state index in [1.165, 1.54) is 0 Å². The maximum absolute atomic E-state index is 11.7. The van der Waals surface area contributed by atoms with Crippen molar-refractivity contribution >= 4 is 5.91 Å². The summed E-state index contributed by atoms with van der Waals surface area (Å²) in [7, 11) is 0. The minimum Gasteiger partial charge on any atom is -0.393 e. The number of allylic oxidation sites excluding steroid dienone is 1. The Morgan fingerprint density at radius 3 is 2.78 bits per heavy atom. The van der Waals surface area contributed by atoms with E-state index in [-0.39, 0.29) is 24.8 Å². The van der Waals surface area contributed by atoms with Gasteiger partial charge in [0.2, 0.25) is 0 Å². The van der Waals surface area contributed by atoms with Gasteiger partial charge in [-0.15, -0.1) is 0 Å². The quantitative estimate of drug-likeness (QED) is 0.713. The molecule has 2 unspecified atom stereocenters. The maximum atomic E-state index is 11.7. The van der Waals surface area contributed by atoms with Crippen LogP contribution in [0, 0.1) is 0 Å². The van der Waals surface area contributed by atoms with Crippen LogP contribution in [0.25, 0.3) is 0 Å². The predicted octanol–water partition coefficient (Wildman–Crippen LogP) is 0.847. The Balaban J connectivity index is 2.27. The van der Waals surface area contributed by atoms with Gasteiger partial charge in [-0.25, -0.2) is 0 Å². The molecule has 5 nitrogen and oxygen atoms in total. The molecule has 18 heavy (non-hydrogen) atoms. The molecule has 2 aliphatic heterocycles. The Morgan fingerprint density at radius 1 is 1.50 bits per heavy atom. The molecule has 2 rings (SSSR count). The smallest absolute Gasteiger partial charge is 0.253 e. The standard InChI is InChI=1S/C13H18N2O3/c1-8(2)12-14-13(17)9(3)6-15(12)11-5-4-10(7-16)18-11/h4-6,10-11,16H,7H2,1-3H3,(H,14,17). The normalized spacial score (nSPS) is 27.3. The third kappa shape index (κ3) is 2.32. The molecule has 0 aromatic heterocycles. The molecule has 0 saturated heterocycles. The highest BCUT2D eigenvalue weighted by Crippen LogP contribution is 2.24. The van der Waals surface area contributed by atoms with Crippen LogP contribution in [0.1, 0.15) is 20.8 Å². The molecular formula is C13H18N2O3. The molecule has 98 valence electrons. The van der Waals surface area contributed by atoms with Gasteiger partial charge < -0.3 is 20.1 Å². The van der Waals surface area contributed by atoms with Crippen molar-refractivity contribution in [2.24, 2.45) is 0 Å². The summed E-state index contributed by atoms with van der Waals surface area (Å²) in [6.45, 7) is 5.57. The highest BCUT2D eigenvalue weighted by Gasteiger charge is 2.29. The number of nitrogens with one attached hydrogen (secondary N) is 1. The van der Waals surface area contributed by atoms with Crippen LogP contribution in [0.4, 0.5) is 0 Å². The Morgan fingerprint density at radius 2 is 2.22 bits per heavy atom. The highest BCUT2D eigenvalue weighted by molar-refractivity contribution is 5.94. The Bertz CT molecular complexity index is 447. The first kappa shape index (κ1) is 12.9. The largest absolute Gasteiger partial charge is 0.393 e. The van der Waals surface area contributed by atoms with Gasteiger partial charge in [-0.3, -0.25) is 4.79 Å². The third-order valence-corrected chi connectivity index (χ3v) is 2.91. The highest BCUT2D eigenvalue weighted by atomic mass is 16.5. The summed E-state index contributed by atoms with van der Waals surface area (Å²) < 4.78 is 5.65. The van der Waals surface area contributed by atoms with Gasteiger partial charge in [-0.2, -0.15) is 0 Å². The van der Waals surface area contributed by atoms with E-state index in [2.05, 4.69) is 5.32 Å². The number of amides is 1. The van der Waals surface area contributed by atoms with Gasteiger partial charge in [-0.1, -0.05) is 6.08 Å². The topological polar surface area (TPSA) is 61.8 Å². The van der Waals surface area contributed by atoms with Crippen molar-refractivity contribution in [2.45, 2.75) is 33.1 Å². The molecule has 0 fully saturated rings. The van der Waals surface area contributed by atoms with E-state index < -0.39 is 0 Å². The van der Waals surface area contributed by atoms with Crippen LogP contribution in [0.2, 0.25) is 0 Å². The van der Waals surface area contributed by atoms with Gasteiger partial charge in [-0.05, 0) is 32.4 Å². The number of aliphatic hydroxyl groups excluding tert-OH is 1. The maximum Gasteiger partial charge on any atom is 0.253 e. The molecule has 0 radical (unpaired) electrons. The van der Waals surface area contributed by atoms with E-state index in [9.17, 15) is 4.79 Å². The molecule has 0 aromatic rings. The van der Waals surface area contributed by atoms with E-state index in [4.69, 9.17) is 9.84 Å². The van der Waals surface area contributed by atoms with Crippen molar-refractivity contribution in [1.29, 1.82) is 0 Å². The second-order valence-electron chi connectivity index (χ2n) is 4.65. The number of rotatable bonds is 2. The monoisotopic (exact) mass is 250 g/mol. The van der Waals surface area contributed by atoms with Crippen LogP contribution in [0.15, 0.2) is 35.3 Å². The fraction of sp³-hybridized carbons (Fsp3) is 0.462. The predicted molar refractivity (Wildman–Crippen MR) is 67.0 cm³/mol. The summed E-state index contributed by atoms with van der Waals surface area (Å²) in [6.07, 6.45) is 4.91. The SMILES string of the molecule is CC1=CN(C2C=CC(CO)O2)C(=C(C)C)NC1=O. The van der Waals surface area contributed by atoms with Crippen molar-refractivity contribution in [3.05, 3.63) is 35.3 Å². The zero-order valence-electron chi connectivity index (χ0n) is 10.8. The zero-order valence-corrected chi connectivity index (χ0v) is 10.8. The molecule has 0 bridgehead atoms. The fourth-order valence-electron chi connectivity index (χ4n) is 1.94. The minimum absolute atomic E-state index is 0.0416. The number of ether oxygens (including phenoxy) is 1. The molecule has 2 atom stereocenters. The molecule has 0 spiro atoms. The van der Waals surface area contributed by atoms with Crippen LogP contribution >= 0.6 is 0 Å². The van der Waals surface area contributed by atoms with E-state index in [1.807, 2.05) is 30.9 Å². The van der Waals surface area contributed by atoms with Crippen LogP contribution in [-0.4, -0.2) is 34.9 Å². The van der Waals surface area contributed by atoms with Crippen LogP contribution in [0.3, 0.4) is 0 Å². The van der Waals surface area contributed by atoms with E-state index in [0.29, 0.717) is 5.57 Å². The summed E-state index contributed by atoms with van der Waals surface area (Å²) in [5.41, 5.74) is 1.63. The van der Waals surface area contributed by atoms with Gasteiger partial charge in [0, 0.05) is 11.8 Å². The molecule has 2 heterocycles. The van der Waals surface area contributed by atoms with Crippen molar-refractivity contribution in [3.8, 4) is 0 Å².